The molecule has 100 valence electrons. The van der Waals surface area contributed by atoms with Crippen LogP contribution < -0.4 is 14.8 Å². The quantitative estimate of drug-likeness (QED) is 0.835. The van der Waals surface area contributed by atoms with E-state index in [1.165, 1.54) is 6.92 Å². The van der Waals surface area contributed by atoms with E-state index in [1.807, 2.05) is 20.8 Å². The highest BCUT2D eigenvalue weighted by Gasteiger charge is 2.22. The fraction of sp³-hybridized carbons (Fsp3) is 0.500. The van der Waals surface area contributed by atoms with Crippen LogP contribution in [0.25, 0.3) is 0 Å². The Morgan fingerprint density at radius 2 is 1.61 bits per heavy atom. The average Bonchev–Trinajstić information content (AvgIpc) is 2.25. The standard InChI is InChI=1S/C14H21NO3/c1-9(16)12-10(17-5)7-8-11(18-6)13(12)15-14(2,3)4/h7-8,15H,1-6H3. The summed E-state index contributed by atoms with van der Waals surface area (Å²) in [4.78, 5) is 11.8. The van der Waals surface area contributed by atoms with E-state index in [-0.39, 0.29) is 11.3 Å². The molecule has 0 fully saturated rings. The maximum atomic E-state index is 11.8. The first kappa shape index (κ1) is 14.4. The van der Waals surface area contributed by atoms with Crippen molar-refractivity contribution in [2.75, 3.05) is 19.5 Å². The molecule has 4 nitrogen and oxygen atoms in total. The van der Waals surface area contributed by atoms with Gasteiger partial charge in [0.2, 0.25) is 0 Å². The smallest absolute Gasteiger partial charge is 0.165 e. The monoisotopic (exact) mass is 251 g/mol. The Labute approximate surface area is 108 Å². The lowest BCUT2D eigenvalue weighted by Crippen LogP contribution is -2.27. The minimum atomic E-state index is -0.177. The van der Waals surface area contributed by atoms with Crippen molar-refractivity contribution in [2.24, 2.45) is 0 Å². The van der Waals surface area contributed by atoms with Crippen molar-refractivity contribution in [3.63, 3.8) is 0 Å². The molecule has 18 heavy (non-hydrogen) atoms. The minimum absolute atomic E-state index is 0.0579. The van der Waals surface area contributed by atoms with E-state index >= 15 is 0 Å². The molecule has 1 aromatic rings. The molecule has 0 atom stereocenters. The third kappa shape index (κ3) is 3.15. The fourth-order valence-electron chi connectivity index (χ4n) is 1.75. The van der Waals surface area contributed by atoms with Crippen molar-refractivity contribution in [3.05, 3.63) is 17.7 Å². The molecule has 0 aliphatic carbocycles. The lowest BCUT2D eigenvalue weighted by molar-refractivity contribution is 0.101. The highest BCUT2D eigenvalue weighted by molar-refractivity contribution is 6.03. The molecule has 0 spiro atoms. The summed E-state index contributed by atoms with van der Waals surface area (Å²) in [5.74, 6) is 1.13. The molecule has 0 heterocycles. The van der Waals surface area contributed by atoms with Crippen LogP contribution >= 0.6 is 0 Å². The predicted octanol–water partition coefficient (Wildman–Crippen LogP) is 3.12. The summed E-state index contributed by atoms with van der Waals surface area (Å²) >= 11 is 0. The summed E-state index contributed by atoms with van der Waals surface area (Å²) in [5.41, 5.74) is 1.02. The predicted molar refractivity (Wildman–Crippen MR) is 72.9 cm³/mol. The number of anilines is 1. The maximum absolute atomic E-state index is 11.8. The lowest BCUT2D eigenvalue weighted by Gasteiger charge is -2.26. The van der Waals surface area contributed by atoms with Crippen LogP contribution in [0.1, 0.15) is 38.1 Å². The van der Waals surface area contributed by atoms with Crippen molar-refractivity contribution < 1.29 is 14.3 Å². The van der Waals surface area contributed by atoms with Gasteiger partial charge in [-0.15, -0.1) is 0 Å². The number of Topliss-reactive ketones (excluding diaryl/α,β-unsaturated/α-hetero) is 1. The SMILES string of the molecule is COc1ccc(OC)c(C(C)=O)c1NC(C)(C)C. The zero-order valence-corrected chi connectivity index (χ0v) is 11.9. The van der Waals surface area contributed by atoms with Crippen LogP contribution in [0.2, 0.25) is 0 Å². The van der Waals surface area contributed by atoms with E-state index in [1.54, 1.807) is 26.4 Å². The molecule has 0 bridgehead atoms. The van der Waals surface area contributed by atoms with Crippen molar-refractivity contribution in [2.45, 2.75) is 33.2 Å². The van der Waals surface area contributed by atoms with Crippen LogP contribution in [0.4, 0.5) is 5.69 Å². The number of rotatable bonds is 4. The van der Waals surface area contributed by atoms with Gasteiger partial charge < -0.3 is 14.8 Å². The second-order valence-electron chi connectivity index (χ2n) is 5.15. The third-order valence-corrected chi connectivity index (χ3v) is 2.42. The number of hydrogen-bond acceptors (Lipinski definition) is 4. The van der Waals surface area contributed by atoms with Crippen LogP contribution in [0.15, 0.2) is 12.1 Å². The molecule has 0 radical (unpaired) electrons. The summed E-state index contributed by atoms with van der Waals surface area (Å²) in [6.45, 7) is 7.59. The van der Waals surface area contributed by atoms with Gasteiger partial charge in [0, 0.05) is 5.54 Å². The third-order valence-electron chi connectivity index (χ3n) is 2.42. The van der Waals surface area contributed by atoms with Gasteiger partial charge in [-0.25, -0.2) is 0 Å². The molecule has 0 aliphatic heterocycles. The summed E-state index contributed by atoms with van der Waals surface area (Å²) in [6, 6.07) is 3.53. The molecule has 0 aromatic heterocycles. The molecule has 4 heteroatoms. The molecular weight excluding hydrogens is 230 g/mol. The number of ketones is 1. The second kappa shape index (κ2) is 5.29. The zero-order chi connectivity index (χ0) is 13.9. The molecule has 1 aromatic carbocycles. The molecule has 0 aliphatic rings. The van der Waals surface area contributed by atoms with Gasteiger partial charge in [0.1, 0.15) is 11.5 Å². The number of methoxy groups -OCH3 is 2. The average molecular weight is 251 g/mol. The molecule has 1 rings (SSSR count). The molecule has 0 saturated carbocycles. The van der Waals surface area contributed by atoms with Crippen molar-refractivity contribution >= 4 is 11.5 Å². The van der Waals surface area contributed by atoms with Gasteiger partial charge in [-0.1, -0.05) is 0 Å². The normalized spacial score (nSPS) is 11.0. The fourth-order valence-corrected chi connectivity index (χ4v) is 1.75. The van der Waals surface area contributed by atoms with Crippen LogP contribution in [0.5, 0.6) is 11.5 Å². The van der Waals surface area contributed by atoms with Crippen LogP contribution in [0, 0.1) is 0 Å². The zero-order valence-electron chi connectivity index (χ0n) is 11.9. The number of benzene rings is 1. The Bertz CT molecular complexity index is 447. The summed E-state index contributed by atoms with van der Waals surface area (Å²) in [5, 5.41) is 3.30. The number of ether oxygens (including phenoxy) is 2. The Hall–Kier alpha value is -1.71. The van der Waals surface area contributed by atoms with Crippen LogP contribution in [0.3, 0.4) is 0 Å². The summed E-state index contributed by atoms with van der Waals surface area (Å²) < 4.78 is 10.6. The van der Waals surface area contributed by atoms with E-state index < -0.39 is 0 Å². The van der Waals surface area contributed by atoms with E-state index in [0.717, 1.165) is 0 Å². The van der Waals surface area contributed by atoms with Gasteiger partial charge in [-0.3, -0.25) is 4.79 Å². The van der Waals surface area contributed by atoms with Gasteiger partial charge in [-0.2, -0.15) is 0 Å². The first-order valence-corrected chi connectivity index (χ1v) is 5.84. The molecule has 0 unspecified atom stereocenters. The van der Waals surface area contributed by atoms with E-state index in [9.17, 15) is 4.79 Å². The first-order valence-electron chi connectivity index (χ1n) is 5.84. The van der Waals surface area contributed by atoms with Gasteiger partial charge in [0.05, 0.1) is 25.5 Å². The van der Waals surface area contributed by atoms with Crippen molar-refractivity contribution in [3.8, 4) is 11.5 Å². The van der Waals surface area contributed by atoms with Gasteiger partial charge in [-0.05, 0) is 39.8 Å². The number of nitrogens with one attached hydrogen (secondary N) is 1. The Morgan fingerprint density at radius 1 is 1.11 bits per heavy atom. The second-order valence-corrected chi connectivity index (χ2v) is 5.15. The van der Waals surface area contributed by atoms with E-state index in [4.69, 9.17) is 9.47 Å². The topological polar surface area (TPSA) is 47.6 Å². The number of hydrogen-bond donors (Lipinski definition) is 1. The number of carbonyl (C=O) groups excluding carboxylic acids is 1. The minimum Gasteiger partial charge on any atom is -0.496 e. The Balaban J connectivity index is 3.45. The Kier molecular flexibility index (Phi) is 4.22. The maximum Gasteiger partial charge on any atom is 0.165 e. The van der Waals surface area contributed by atoms with Crippen molar-refractivity contribution in [1.29, 1.82) is 0 Å². The first-order chi connectivity index (χ1) is 8.30. The van der Waals surface area contributed by atoms with Crippen LogP contribution in [-0.2, 0) is 0 Å². The van der Waals surface area contributed by atoms with E-state index in [0.29, 0.717) is 22.7 Å². The number of carbonyl (C=O) groups is 1. The highest BCUT2D eigenvalue weighted by atomic mass is 16.5. The highest BCUT2D eigenvalue weighted by Crippen LogP contribution is 2.37. The van der Waals surface area contributed by atoms with Crippen molar-refractivity contribution in [1.82, 2.24) is 0 Å². The summed E-state index contributed by atoms with van der Waals surface area (Å²) in [6.07, 6.45) is 0. The molecular formula is C14H21NO3. The molecule has 0 saturated heterocycles. The van der Waals surface area contributed by atoms with Gasteiger partial charge in [0.15, 0.2) is 5.78 Å². The lowest BCUT2D eigenvalue weighted by atomic mass is 10.0. The molecule has 0 amide bonds. The largest absolute Gasteiger partial charge is 0.496 e. The van der Waals surface area contributed by atoms with Gasteiger partial charge in [0.25, 0.3) is 0 Å². The summed E-state index contributed by atoms with van der Waals surface area (Å²) in [7, 11) is 3.13. The van der Waals surface area contributed by atoms with E-state index in [2.05, 4.69) is 5.32 Å². The molecule has 1 N–H and O–H groups in total. The van der Waals surface area contributed by atoms with Crippen LogP contribution in [-0.4, -0.2) is 25.5 Å². The van der Waals surface area contributed by atoms with Gasteiger partial charge >= 0.3 is 0 Å². The Morgan fingerprint density at radius 3 is 2.00 bits per heavy atom.